The Morgan fingerprint density at radius 3 is 2.16 bits per heavy atom. The average Bonchev–Trinajstić information content (AvgIpc) is 3.30. The topological polar surface area (TPSA) is 104 Å². The summed E-state index contributed by atoms with van der Waals surface area (Å²) in [4.78, 5) is 15.7. The monoisotopic (exact) mass is 531 g/mol. The number of hydrogen-bond acceptors (Lipinski definition) is 8. The zero-order valence-corrected chi connectivity index (χ0v) is 21.4. The first-order valence-corrected chi connectivity index (χ1v) is 13.8. The molecule has 0 spiro atoms. The van der Waals surface area contributed by atoms with Crippen LogP contribution in [0.4, 0.5) is 10.8 Å². The van der Waals surface area contributed by atoms with Gasteiger partial charge in [-0.3, -0.25) is 10.1 Å². The highest BCUT2D eigenvalue weighted by Crippen LogP contribution is 2.60. The number of aromatic nitrogens is 1. The molecule has 1 unspecified atom stereocenters. The van der Waals surface area contributed by atoms with Crippen LogP contribution in [0.25, 0.3) is 10.2 Å². The second-order valence-electron chi connectivity index (χ2n) is 8.24. The fraction of sp³-hybridized carbons (Fsp3) is 0.0741. The van der Waals surface area contributed by atoms with Crippen LogP contribution >= 0.6 is 18.9 Å². The van der Waals surface area contributed by atoms with Crippen molar-refractivity contribution in [3.05, 3.63) is 124 Å². The molecule has 186 valence electrons. The van der Waals surface area contributed by atoms with E-state index in [0.29, 0.717) is 22.2 Å². The normalized spacial score (nSPS) is 12.1. The lowest BCUT2D eigenvalue weighted by Gasteiger charge is -2.28. The zero-order chi connectivity index (χ0) is 25.8. The number of benzene rings is 4. The maximum Gasteiger partial charge on any atom is 0.457 e. The van der Waals surface area contributed by atoms with Gasteiger partial charge < -0.3 is 14.4 Å². The molecule has 0 aliphatic heterocycles. The Morgan fingerprint density at radius 1 is 0.892 bits per heavy atom. The van der Waals surface area contributed by atoms with Crippen LogP contribution < -0.4 is 14.4 Å². The van der Waals surface area contributed by atoms with Crippen molar-refractivity contribution in [1.29, 1.82) is 0 Å². The zero-order valence-electron chi connectivity index (χ0n) is 19.7. The number of thiazole rings is 1. The van der Waals surface area contributed by atoms with E-state index in [0.717, 1.165) is 15.8 Å². The Labute approximate surface area is 217 Å². The van der Waals surface area contributed by atoms with Crippen molar-refractivity contribution >= 4 is 40.0 Å². The van der Waals surface area contributed by atoms with Gasteiger partial charge in [0.05, 0.1) is 15.1 Å². The molecule has 4 aromatic carbocycles. The van der Waals surface area contributed by atoms with Crippen molar-refractivity contribution in [1.82, 2.24) is 4.98 Å². The Kier molecular flexibility index (Phi) is 6.90. The molecule has 0 amide bonds. The second kappa shape index (κ2) is 10.4. The van der Waals surface area contributed by atoms with Crippen LogP contribution in [0.1, 0.15) is 16.9 Å². The molecule has 5 aromatic rings. The van der Waals surface area contributed by atoms with E-state index in [-0.39, 0.29) is 5.69 Å². The lowest BCUT2D eigenvalue weighted by atomic mass is 10.2. The van der Waals surface area contributed by atoms with Crippen molar-refractivity contribution in [3.63, 3.8) is 0 Å². The van der Waals surface area contributed by atoms with Crippen molar-refractivity contribution in [3.8, 4) is 11.5 Å². The number of nitrogens with one attached hydrogen (secondary N) is 1. The van der Waals surface area contributed by atoms with Gasteiger partial charge in [0.1, 0.15) is 11.5 Å². The van der Waals surface area contributed by atoms with Gasteiger partial charge in [-0.25, -0.2) is 9.55 Å². The standard InChI is InChI=1S/C27H22N3O5PS/c1-19-15-16-24-25(17-19)37-27(28-24)29-26(20-9-8-10-21(18-20)30(31)32)36(33,34-22-11-4-2-5-12-22)35-23-13-6-3-7-14-23/h2-18,26H,1H3,(H,28,29). The number of fused-ring (bicyclic) bond motifs is 1. The number of nitro benzene ring substituents is 1. The Morgan fingerprint density at radius 2 is 1.54 bits per heavy atom. The van der Waals surface area contributed by atoms with Gasteiger partial charge in [0.25, 0.3) is 5.69 Å². The summed E-state index contributed by atoms with van der Waals surface area (Å²) in [5.41, 5.74) is 2.08. The van der Waals surface area contributed by atoms with E-state index in [9.17, 15) is 14.7 Å². The average molecular weight is 532 g/mol. The molecular weight excluding hydrogens is 509 g/mol. The van der Waals surface area contributed by atoms with Crippen LogP contribution in [-0.2, 0) is 4.57 Å². The number of aryl methyl sites for hydroxylation is 1. The number of nitro groups is 1. The predicted octanol–water partition coefficient (Wildman–Crippen LogP) is 7.97. The quantitative estimate of drug-likeness (QED) is 0.117. The Bertz CT molecular complexity index is 1550. The van der Waals surface area contributed by atoms with Crippen LogP contribution in [0.15, 0.2) is 103 Å². The SMILES string of the molecule is Cc1ccc2nc(NC(c3cccc([N+](=O)[O-])c3)P(=O)(Oc3ccccc3)Oc3ccccc3)sc2c1. The number of anilines is 1. The number of non-ortho nitro benzene ring substituents is 1. The first kappa shape index (κ1) is 24.5. The van der Waals surface area contributed by atoms with Gasteiger partial charge >= 0.3 is 7.60 Å². The number of rotatable bonds is 9. The van der Waals surface area contributed by atoms with E-state index >= 15 is 0 Å². The molecule has 0 aliphatic rings. The number of hydrogen-bond donors (Lipinski definition) is 1. The molecule has 1 aromatic heterocycles. The molecule has 1 heterocycles. The maximum absolute atomic E-state index is 14.7. The Balaban J connectivity index is 1.64. The summed E-state index contributed by atoms with van der Waals surface area (Å²) in [6.45, 7) is 1.99. The van der Waals surface area contributed by atoms with Gasteiger partial charge in [0, 0.05) is 12.1 Å². The summed E-state index contributed by atoms with van der Waals surface area (Å²) in [7, 11) is -4.13. The minimum absolute atomic E-state index is 0.143. The van der Waals surface area contributed by atoms with E-state index in [2.05, 4.69) is 10.3 Å². The summed E-state index contributed by atoms with van der Waals surface area (Å²) >= 11 is 1.39. The number of nitrogens with zero attached hydrogens (tertiary/aromatic N) is 2. The third-order valence-electron chi connectivity index (χ3n) is 5.47. The van der Waals surface area contributed by atoms with Gasteiger partial charge in [-0.2, -0.15) is 0 Å². The highest BCUT2D eigenvalue weighted by molar-refractivity contribution is 7.55. The lowest BCUT2D eigenvalue weighted by molar-refractivity contribution is -0.384. The molecule has 8 nitrogen and oxygen atoms in total. The first-order chi connectivity index (χ1) is 17.9. The molecule has 0 saturated carbocycles. The largest absolute Gasteiger partial charge is 0.457 e. The third kappa shape index (κ3) is 5.63. The van der Waals surface area contributed by atoms with Gasteiger partial charge in [-0.05, 0) is 54.4 Å². The summed E-state index contributed by atoms with van der Waals surface area (Å²) in [6.07, 6.45) is 0. The van der Waals surface area contributed by atoms with Gasteiger partial charge in [-0.15, -0.1) is 0 Å². The fourth-order valence-corrected chi connectivity index (χ4v) is 6.71. The highest BCUT2D eigenvalue weighted by Gasteiger charge is 2.42. The van der Waals surface area contributed by atoms with Crippen LogP contribution in [0.3, 0.4) is 0 Å². The van der Waals surface area contributed by atoms with Crippen molar-refractivity contribution in [2.24, 2.45) is 0 Å². The maximum atomic E-state index is 14.7. The molecule has 0 bridgehead atoms. The minimum atomic E-state index is -4.13. The van der Waals surface area contributed by atoms with Crippen LogP contribution in [0, 0.1) is 17.0 Å². The smallest absolute Gasteiger partial charge is 0.414 e. The van der Waals surface area contributed by atoms with Crippen molar-refractivity contribution in [2.45, 2.75) is 12.7 Å². The van der Waals surface area contributed by atoms with Crippen LogP contribution in [-0.4, -0.2) is 9.91 Å². The summed E-state index contributed by atoms with van der Waals surface area (Å²) < 4.78 is 27.8. The molecule has 10 heteroatoms. The van der Waals surface area contributed by atoms with Gasteiger partial charge in [-0.1, -0.05) is 65.9 Å². The molecule has 1 N–H and O–H groups in total. The van der Waals surface area contributed by atoms with E-state index < -0.39 is 18.3 Å². The summed E-state index contributed by atoms with van der Waals surface area (Å²) in [5.74, 6) is -0.452. The van der Waals surface area contributed by atoms with Crippen LogP contribution in [0.2, 0.25) is 0 Å². The first-order valence-electron chi connectivity index (χ1n) is 11.4. The Hall–Kier alpha value is -4.20. The predicted molar refractivity (Wildman–Crippen MR) is 146 cm³/mol. The molecular formula is C27H22N3O5PS. The van der Waals surface area contributed by atoms with Crippen molar-refractivity contribution < 1.29 is 18.5 Å². The molecule has 0 radical (unpaired) electrons. The van der Waals surface area contributed by atoms with E-state index in [1.807, 2.05) is 37.3 Å². The van der Waals surface area contributed by atoms with E-state index in [1.165, 1.54) is 23.5 Å². The summed E-state index contributed by atoms with van der Waals surface area (Å²) in [6, 6.07) is 29.2. The van der Waals surface area contributed by atoms with Gasteiger partial charge in [0.15, 0.2) is 10.9 Å². The lowest BCUT2D eigenvalue weighted by Crippen LogP contribution is -2.18. The molecule has 0 aliphatic carbocycles. The van der Waals surface area contributed by atoms with E-state index in [1.54, 1.807) is 60.7 Å². The molecule has 5 rings (SSSR count). The highest BCUT2D eigenvalue weighted by atomic mass is 32.1. The molecule has 1 atom stereocenters. The van der Waals surface area contributed by atoms with Gasteiger partial charge in [0.2, 0.25) is 0 Å². The van der Waals surface area contributed by atoms with E-state index in [4.69, 9.17) is 9.05 Å². The minimum Gasteiger partial charge on any atom is -0.414 e. The third-order valence-corrected chi connectivity index (χ3v) is 8.41. The van der Waals surface area contributed by atoms with Crippen molar-refractivity contribution in [2.75, 3.05) is 5.32 Å². The second-order valence-corrected chi connectivity index (χ2v) is 11.2. The summed E-state index contributed by atoms with van der Waals surface area (Å²) in [5, 5.41) is 15.3. The molecule has 0 saturated heterocycles. The molecule has 0 fully saturated rings. The number of para-hydroxylation sites is 2. The fourth-order valence-electron chi connectivity index (χ4n) is 3.74. The van der Waals surface area contributed by atoms with Crippen LogP contribution in [0.5, 0.6) is 11.5 Å². The molecule has 37 heavy (non-hydrogen) atoms.